The van der Waals surface area contributed by atoms with Crippen molar-refractivity contribution >= 4 is 45.1 Å². The molecule has 27 heavy (non-hydrogen) atoms. The van der Waals surface area contributed by atoms with Crippen LogP contribution in [0.2, 0.25) is 5.02 Å². The summed E-state index contributed by atoms with van der Waals surface area (Å²) in [5.41, 5.74) is 2.01. The Morgan fingerprint density at radius 2 is 1.85 bits per heavy atom. The first-order valence-electron chi connectivity index (χ1n) is 8.73. The van der Waals surface area contributed by atoms with Gasteiger partial charge in [-0.3, -0.25) is 4.79 Å². The molecule has 0 fully saturated rings. The molecule has 3 rings (SSSR count). The average Bonchev–Trinajstić information content (AvgIpc) is 3.07. The highest BCUT2D eigenvalue weighted by atomic mass is 35.5. The van der Waals surface area contributed by atoms with Crippen LogP contribution in [-0.4, -0.2) is 47.9 Å². The van der Waals surface area contributed by atoms with Crippen LogP contribution in [0, 0.1) is 0 Å². The van der Waals surface area contributed by atoms with Gasteiger partial charge in [-0.15, -0.1) is 11.3 Å². The third kappa shape index (κ3) is 5.63. The molecule has 0 unspecified atom stereocenters. The second kappa shape index (κ2) is 9.13. The number of aromatic nitrogens is 1. The monoisotopic (exact) mass is 399 g/mol. The van der Waals surface area contributed by atoms with E-state index in [9.17, 15) is 4.79 Å². The minimum Gasteiger partial charge on any atom is -0.334 e. The molecule has 4 nitrogen and oxygen atoms in total. The molecule has 0 saturated heterocycles. The molecule has 0 aliphatic carbocycles. The maximum Gasteiger partial charge on any atom is 0.247 e. The van der Waals surface area contributed by atoms with Gasteiger partial charge in [-0.05, 0) is 50.0 Å². The molecule has 6 heteroatoms. The number of benzene rings is 2. The number of carbonyl (C=O) groups is 1. The number of amides is 1. The average molecular weight is 400 g/mol. The van der Waals surface area contributed by atoms with Gasteiger partial charge in [0.15, 0.2) is 0 Å². The molecule has 0 radical (unpaired) electrons. The second-order valence-electron chi connectivity index (χ2n) is 6.54. The zero-order valence-corrected chi connectivity index (χ0v) is 17.0. The van der Waals surface area contributed by atoms with Gasteiger partial charge in [0, 0.05) is 30.7 Å². The van der Waals surface area contributed by atoms with Crippen LogP contribution in [0.3, 0.4) is 0 Å². The van der Waals surface area contributed by atoms with Crippen LogP contribution >= 0.6 is 22.9 Å². The Morgan fingerprint density at radius 1 is 1.11 bits per heavy atom. The molecular weight excluding hydrogens is 378 g/mol. The highest BCUT2D eigenvalue weighted by Crippen LogP contribution is 2.22. The predicted octanol–water partition coefficient (Wildman–Crippen LogP) is 4.55. The summed E-state index contributed by atoms with van der Waals surface area (Å²) in [4.78, 5) is 21.2. The molecule has 1 heterocycles. The van der Waals surface area contributed by atoms with Crippen LogP contribution in [0.4, 0.5) is 0 Å². The van der Waals surface area contributed by atoms with Gasteiger partial charge in [0.05, 0.1) is 10.2 Å². The zero-order chi connectivity index (χ0) is 19.2. The number of hydrogen-bond donors (Lipinski definition) is 0. The Balaban J connectivity index is 1.73. The highest BCUT2D eigenvalue weighted by Gasteiger charge is 2.12. The molecule has 0 aliphatic rings. The summed E-state index contributed by atoms with van der Waals surface area (Å²) < 4.78 is 1.12. The van der Waals surface area contributed by atoms with Gasteiger partial charge in [0.1, 0.15) is 5.01 Å². The van der Waals surface area contributed by atoms with Gasteiger partial charge in [-0.1, -0.05) is 35.9 Å². The van der Waals surface area contributed by atoms with E-state index in [4.69, 9.17) is 11.6 Å². The lowest BCUT2D eigenvalue weighted by Crippen LogP contribution is -2.35. The number of halogens is 1. The van der Waals surface area contributed by atoms with Crippen LogP contribution < -0.4 is 0 Å². The fourth-order valence-corrected chi connectivity index (χ4v) is 3.60. The van der Waals surface area contributed by atoms with E-state index in [-0.39, 0.29) is 5.91 Å². The van der Waals surface area contributed by atoms with Crippen molar-refractivity contribution in [2.45, 2.75) is 6.54 Å². The second-order valence-corrected chi connectivity index (χ2v) is 8.04. The molecule has 1 amide bonds. The lowest BCUT2D eigenvalue weighted by Gasteiger charge is -2.23. The molecule has 0 N–H and O–H groups in total. The predicted molar refractivity (Wildman–Crippen MR) is 114 cm³/mol. The zero-order valence-electron chi connectivity index (χ0n) is 15.4. The van der Waals surface area contributed by atoms with Crippen LogP contribution in [0.1, 0.15) is 10.6 Å². The Hall–Kier alpha value is -2.21. The Bertz CT molecular complexity index is 901. The van der Waals surface area contributed by atoms with Crippen molar-refractivity contribution in [1.29, 1.82) is 0 Å². The van der Waals surface area contributed by atoms with Crippen molar-refractivity contribution in [3.05, 3.63) is 70.2 Å². The number of nitrogens with zero attached hydrogens (tertiary/aromatic N) is 3. The maximum atomic E-state index is 12.8. The van der Waals surface area contributed by atoms with E-state index in [1.165, 1.54) is 0 Å². The number of carbonyl (C=O) groups excluding carboxylic acids is 1. The van der Waals surface area contributed by atoms with Crippen molar-refractivity contribution in [3.8, 4) is 0 Å². The van der Waals surface area contributed by atoms with Gasteiger partial charge in [0.25, 0.3) is 0 Å². The molecule has 0 spiro atoms. The van der Waals surface area contributed by atoms with Gasteiger partial charge in [-0.25, -0.2) is 4.98 Å². The SMILES string of the molecule is CN(C)CCN(Cc1ccc(Cl)cc1)C(=O)C=Cc1nc2ccccc2s1. The smallest absolute Gasteiger partial charge is 0.247 e. The van der Waals surface area contributed by atoms with E-state index in [1.807, 2.05) is 67.5 Å². The molecule has 1 aromatic heterocycles. The Kier molecular flexibility index (Phi) is 6.61. The third-order valence-corrected chi connectivity index (χ3v) is 5.35. The van der Waals surface area contributed by atoms with E-state index < -0.39 is 0 Å². The largest absolute Gasteiger partial charge is 0.334 e. The summed E-state index contributed by atoms with van der Waals surface area (Å²) in [7, 11) is 4.00. The van der Waals surface area contributed by atoms with Gasteiger partial charge < -0.3 is 9.80 Å². The summed E-state index contributed by atoms with van der Waals surface area (Å²) >= 11 is 7.54. The van der Waals surface area contributed by atoms with Crippen LogP contribution in [0.15, 0.2) is 54.6 Å². The van der Waals surface area contributed by atoms with E-state index in [1.54, 1.807) is 23.5 Å². The number of para-hydroxylation sites is 1. The fourth-order valence-electron chi connectivity index (χ4n) is 2.61. The van der Waals surface area contributed by atoms with E-state index in [0.717, 1.165) is 27.3 Å². The van der Waals surface area contributed by atoms with E-state index in [0.29, 0.717) is 18.1 Å². The molecular formula is C21H22ClN3OS. The van der Waals surface area contributed by atoms with E-state index >= 15 is 0 Å². The third-order valence-electron chi connectivity index (χ3n) is 4.09. The first-order valence-corrected chi connectivity index (χ1v) is 9.92. The Labute approximate surface area is 168 Å². The van der Waals surface area contributed by atoms with Crippen LogP contribution in [-0.2, 0) is 11.3 Å². The number of likely N-dealkylation sites (N-methyl/N-ethyl adjacent to an activating group) is 1. The van der Waals surface area contributed by atoms with Crippen molar-refractivity contribution in [1.82, 2.24) is 14.8 Å². The first kappa shape index (κ1) is 19.5. The standard InChI is InChI=1S/C21H22ClN3OS/c1-24(2)13-14-25(15-16-7-9-17(22)10-8-16)21(26)12-11-20-23-18-5-3-4-6-19(18)27-20/h3-12H,13-15H2,1-2H3. The van der Waals surface area contributed by atoms with Crippen molar-refractivity contribution in [2.24, 2.45) is 0 Å². The molecule has 0 saturated carbocycles. The molecule has 140 valence electrons. The number of rotatable bonds is 7. The topological polar surface area (TPSA) is 36.4 Å². The minimum atomic E-state index is -0.0222. The van der Waals surface area contributed by atoms with Gasteiger partial charge in [0.2, 0.25) is 5.91 Å². The van der Waals surface area contributed by atoms with Crippen LogP contribution in [0.5, 0.6) is 0 Å². The summed E-state index contributed by atoms with van der Waals surface area (Å²) in [5, 5.41) is 1.53. The summed E-state index contributed by atoms with van der Waals surface area (Å²) in [6.45, 7) is 2.00. The van der Waals surface area contributed by atoms with Gasteiger partial charge >= 0.3 is 0 Å². The molecule has 0 bridgehead atoms. The number of hydrogen-bond acceptors (Lipinski definition) is 4. The quantitative estimate of drug-likeness (QED) is 0.547. The fraction of sp³-hybridized carbons (Fsp3) is 0.238. The maximum absolute atomic E-state index is 12.8. The lowest BCUT2D eigenvalue weighted by molar-refractivity contribution is -0.126. The number of fused-ring (bicyclic) bond motifs is 1. The summed E-state index contributed by atoms with van der Waals surface area (Å²) in [5.74, 6) is -0.0222. The Morgan fingerprint density at radius 3 is 2.56 bits per heavy atom. The summed E-state index contributed by atoms with van der Waals surface area (Å²) in [6, 6.07) is 15.6. The van der Waals surface area contributed by atoms with Crippen molar-refractivity contribution < 1.29 is 4.79 Å². The van der Waals surface area contributed by atoms with Crippen LogP contribution in [0.25, 0.3) is 16.3 Å². The summed E-state index contributed by atoms with van der Waals surface area (Å²) in [6.07, 6.45) is 3.42. The van der Waals surface area contributed by atoms with E-state index in [2.05, 4.69) is 9.88 Å². The van der Waals surface area contributed by atoms with Crippen molar-refractivity contribution in [3.63, 3.8) is 0 Å². The highest BCUT2D eigenvalue weighted by molar-refractivity contribution is 7.19. The first-order chi connectivity index (χ1) is 13.0. The molecule has 0 atom stereocenters. The van der Waals surface area contributed by atoms with Gasteiger partial charge in [-0.2, -0.15) is 0 Å². The minimum absolute atomic E-state index is 0.0222. The molecule has 2 aromatic carbocycles. The lowest BCUT2D eigenvalue weighted by atomic mass is 10.2. The molecule has 0 aliphatic heterocycles. The number of thiazole rings is 1. The molecule has 3 aromatic rings. The normalized spacial score (nSPS) is 11.6. The van der Waals surface area contributed by atoms with Crippen molar-refractivity contribution in [2.75, 3.05) is 27.2 Å².